The number of fused-ring (bicyclic) bond motifs is 3. The van der Waals surface area contributed by atoms with Crippen molar-refractivity contribution in [1.82, 2.24) is 4.98 Å². The Kier molecular flexibility index (Phi) is 1.72. The van der Waals surface area contributed by atoms with Crippen LogP contribution in [0.25, 0.3) is 10.9 Å². The Morgan fingerprint density at radius 1 is 1.33 bits per heavy atom. The van der Waals surface area contributed by atoms with Gasteiger partial charge in [0, 0.05) is 23.1 Å². The first-order valence-electron chi connectivity index (χ1n) is 5.30. The molecule has 76 valence electrons. The third-order valence-electron chi connectivity index (χ3n) is 2.96. The molecule has 1 aliphatic heterocycles. The molecular weight excluding hydrogens is 186 g/mol. The fraction of sp³-hybridized carbons (Fsp3) is 0.308. The zero-order valence-electron chi connectivity index (χ0n) is 8.95. The lowest BCUT2D eigenvalue weighted by atomic mass is 10.1. The number of para-hydroxylation sites is 1. The summed E-state index contributed by atoms with van der Waals surface area (Å²) in [6.07, 6.45) is 1.27. The van der Waals surface area contributed by atoms with Crippen molar-refractivity contribution in [2.45, 2.75) is 26.4 Å². The van der Waals surface area contributed by atoms with Gasteiger partial charge >= 0.3 is 0 Å². The smallest absolute Gasteiger partial charge is 0.134 e. The van der Waals surface area contributed by atoms with Crippen LogP contribution in [0.3, 0.4) is 0 Å². The second-order valence-corrected chi connectivity index (χ2v) is 4.15. The number of benzene rings is 1. The summed E-state index contributed by atoms with van der Waals surface area (Å²) >= 11 is 0. The summed E-state index contributed by atoms with van der Waals surface area (Å²) in [5.41, 5.74) is 3.41. The van der Waals surface area contributed by atoms with E-state index in [0.717, 1.165) is 28.8 Å². The lowest BCUT2D eigenvalue weighted by Gasteiger charge is -2.07. The molecule has 0 saturated carbocycles. The van der Waals surface area contributed by atoms with Crippen LogP contribution in [-0.4, -0.2) is 11.1 Å². The van der Waals surface area contributed by atoms with Gasteiger partial charge in [-0.1, -0.05) is 12.1 Å². The highest BCUT2D eigenvalue weighted by Crippen LogP contribution is 2.36. The average Bonchev–Trinajstić information content (AvgIpc) is 2.61. The first-order chi connectivity index (χ1) is 7.25. The number of aryl methyl sites for hydroxylation is 1. The summed E-state index contributed by atoms with van der Waals surface area (Å²) in [4.78, 5) is 4.60. The van der Waals surface area contributed by atoms with E-state index in [9.17, 15) is 0 Å². The Labute approximate surface area is 88.9 Å². The van der Waals surface area contributed by atoms with Crippen molar-refractivity contribution in [3.63, 3.8) is 0 Å². The Morgan fingerprint density at radius 2 is 2.13 bits per heavy atom. The molecule has 1 aromatic carbocycles. The lowest BCUT2D eigenvalue weighted by Crippen LogP contribution is -2.05. The Bertz CT molecular complexity index is 533. The highest BCUT2D eigenvalue weighted by atomic mass is 16.5. The van der Waals surface area contributed by atoms with Crippen molar-refractivity contribution in [1.29, 1.82) is 0 Å². The highest BCUT2D eigenvalue weighted by molar-refractivity contribution is 5.87. The van der Waals surface area contributed by atoms with Gasteiger partial charge < -0.3 is 4.74 Å². The molecule has 0 unspecified atom stereocenters. The van der Waals surface area contributed by atoms with E-state index in [2.05, 4.69) is 24.9 Å². The SMILES string of the molecule is Cc1nc2ccccc2c2c1C[C@H](C)O2. The molecule has 0 spiro atoms. The number of hydrogen-bond donors (Lipinski definition) is 0. The molecule has 1 atom stereocenters. The Hall–Kier alpha value is -1.57. The molecular formula is C13H13NO. The van der Waals surface area contributed by atoms with Crippen LogP contribution in [0.15, 0.2) is 24.3 Å². The van der Waals surface area contributed by atoms with Crippen molar-refractivity contribution in [3.8, 4) is 5.75 Å². The summed E-state index contributed by atoms with van der Waals surface area (Å²) in [7, 11) is 0. The summed E-state index contributed by atoms with van der Waals surface area (Å²) in [5.74, 6) is 1.05. The van der Waals surface area contributed by atoms with Gasteiger partial charge in [0.15, 0.2) is 0 Å². The summed E-state index contributed by atoms with van der Waals surface area (Å²) in [6, 6.07) is 8.17. The molecule has 2 heterocycles. The molecule has 0 amide bonds. The van der Waals surface area contributed by atoms with Crippen molar-refractivity contribution in [2.75, 3.05) is 0 Å². The van der Waals surface area contributed by atoms with Gasteiger partial charge in [0.05, 0.1) is 5.52 Å². The van der Waals surface area contributed by atoms with E-state index >= 15 is 0 Å². The maximum absolute atomic E-state index is 5.86. The van der Waals surface area contributed by atoms with Crippen LogP contribution in [0, 0.1) is 6.92 Å². The number of hydrogen-bond acceptors (Lipinski definition) is 2. The predicted octanol–water partition coefficient (Wildman–Crippen LogP) is 2.87. The van der Waals surface area contributed by atoms with Gasteiger partial charge in [0.25, 0.3) is 0 Å². The number of pyridine rings is 1. The van der Waals surface area contributed by atoms with Crippen LogP contribution in [-0.2, 0) is 6.42 Å². The van der Waals surface area contributed by atoms with E-state index in [1.54, 1.807) is 0 Å². The van der Waals surface area contributed by atoms with Crippen LogP contribution in [0.4, 0.5) is 0 Å². The normalized spacial score (nSPS) is 18.9. The number of ether oxygens (including phenoxy) is 1. The van der Waals surface area contributed by atoms with Crippen LogP contribution >= 0.6 is 0 Å². The monoisotopic (exact) mass is 199 g/mol. The third-order valence-corrected chi connectivity index (χ3v) is 2.96. The van der Waals surface area contributed by atoms with Crippen LogP contribution < -0.4 is 4.74 Å². The number of nitrogens with zero attached hydrogens (tertiary/aromatic N) is 1. The Morgan fingerprint density at radius 3 is 3.00 bits per heavy atom. The molecule has 2 nitrogen and oxygen atoms in total. The molecule has 2 aromatic rings. The quantitative estimate of drug-likeness (QED) is 0.651. The van der Waals surface area contributed by atoms with Crippen molar-refractivity contribution in [2.24, 2.45) is 0 Å². The van der Waals surface area contributed by atoms with E-state index in [0.29, 0.717) is 0 Å². The van der Waals surface area contributed by atoms with Gasteiger partial charge in [0.2, 0.25) is 0 Å². The van der Waals surface area contributed by atoms with Gasteiger partial charge in [-0.2, -0.15) is 0 Å². The van der Waals surface area contributed by atoms with Gasteiger partial charge in [-0.25, -0.2) is 0 Å². The van der Waals surface area contributed by atoms with Gasteiger partial charge in [-0.3, -0.25) is 4.98 Å². The fourth-order valence-corrected chi connectivity index (χ4v) is 2.24. The maximum atomic E-state index is 5.86. The Balaban J connectivity index is 2.38. The topological polar surface area (TPSA) is 22.1 Å². The summed E-state index contributed by atoms with van der Waals surface area (Å²) in [5, 5.41) is 1.14. The van der Waals surface area contributed by atoms with Crippen molar-refractivity contribution < 1.29 is 4.74 Å². The minimum absolute atomic E-state index is 0.284. The second-order valence-electron chi connectivity index (χ2n) is 4.15. The van der Waals surface area contributed by atoms with Gasteiger partial charge in [-0.05, 0) is 26.0 Å². The largest absolute Gasteiger partial charge is 0.489 e. The van der Waals surface area contributed by atoms with E-state index in [1.165, 1.54) is 5.56 Å². The van der Waals surface area contributed by atoms with Crippen LogP contribution in [0.2, 0.25) is 0 Å². The molecule has 2 heteroatoms. The number of rotatable bonds is 0. The van der Waals surface area contributed by atoms with E-state index < -0.39 is 0 Å². The first kappa shape index (κ1) is 8.72. The molecule has 0 saturated heterocycles. The zero-order chi connectivity index (χ0) is 10.4. The summed E-state index contributed by atoms with van der Waals surface area (Å²) < 4.78 is 5.86. The second kappa shape index (κ2) is 2.96. The molecule has 0 radical (unpaired) electrons. The van der Waals surface area contributed by atoms with E-state index in [1.807, 2.05) is 18.2 Å². The minimum Gasteiger partial charge on any atom is -0.489 e. The molecule has 0 aliphatic carbocycles. The van der Waals surface area contributed by atoms with Gasteiger partial charge in [0.1, 0.15) is 11.9 Å². The predicted molar refractivity (Wildman–Crippen MR) is 60.3 cm³/mol. The molecule has 0 bridgehead atoms. The first-order valence-corrected chi connectivity index (χ1v) is 5.30. The molecule has 3 rings (SSSR count). The maximum Gasteiger partial charge on any atom is 0.134 e. The molecule has 1 aliphatic rings. The van der Waals surface area contributed by atoms with E-state index in [-0.39, 0.29) is 6.10 Å². The third kappa shape index (κ3) is 1.21. The fourth-order valence-electron chi connectivity index (χ4n) is 2.24. The molecule has 0 N–H and O–H groups in total. The highest BCUT2D eigenvalue weighted by Gasteiger charge is 2.23. The zero-order valence-corrected chi connectivity index (χ0v) is 8.95. The standard InChI is InChI=1S/C13H13NO/c1-8-7-11-9(2)14-12-6-4-3-5-10(12)13(11)15-8/h3-6,8H,7H2,1-2H3/t8-/m0/s1. The van der Waals surface area contributed by atoms with Crippen molar-refractivity contribution >= 4 is 10.9 Å². The lowest BCUT2D eigenvalue weighted by molar-refractivity contribution is 0.257. The van der Waals surface area contributed by atoms with Crippen LogP contribution in [0.1, 0.15) is 18.2 Å². The molecule has 15 heavy (non-hydrogen) atoms. The molecule has 1 aromatic heterocycles. The van der Waals surface area contributed by atoms with Crippen LogP contribution in [0.5, 0.6) is 5.75 Å². The van der Waals surface area contributed by atoms with E-state index in [4.69, 9.17) is 4.74 Å². The van der Waals surface area contributed by atoms with Gasteiger partial charge in [-0.15, -0.1) is 0 Å². The average molecular weight is 199 g/mol. The molecule has 0 fully saturated rings. The number of aromatic nitrogens is 1. The minimum atomic E-state index is 0.284. The van der Waals surface area contributed by atoms with Crippen molar-refractivity contribution in [3.05, 3.63) is 35.5 Å². The summed E-state index contributed by atoms with van der Waals surface area (Å²) in [6.45, 7) is 4.17.